The summed E-state index contributed by atoms with van der Waals surface area (Å²) in [5.74, 6) is -1.71. The molecule has 0 aromatic rings. The van der Waals surface area contributed by atoms with Crippen molar-refractivity contribution in [3.63, 3.8) is 0 Å². The van der Waals surface area contributed by atoms with E-state index in [1.807, 2.05) is 13.8 Å². The van der Waals surface area contributed by atoms with Crippen LogP contribution in [0.25, 0.3) is 0 Å². The molecule has 0 saturated heterocycles. The zero-order chi connectivity index (χ0) is 17.5. The molecule has 22 heavy (non-hydrogen) atoms. The molecule has 4 amide bonds. The number of primary amides is 2. The van der Waals surface area contributed by atoms with E-state index in [0.29, 0.717) is 19.6 Å². The highest BCUT2D eigenvalue weighted by molar-refractivity contribution is 5.96. The molecule has 0 aromatic carbocycles. The summed E-state index contributed by atoms with van der Waals surface area (Å²) in [6.45, 7) is 7.35. The molecule has 0 aromatic heterocycles. The largest absolute Gasteiger partial charge is 0.366 e. The molecule has 0 saturated carbocycles. The summed E-state index contributed by atoms with van der Waals surface area (Å²) in [5, 5.41) is 2.47. The van der Waals surface area contributed by atoms with Crippen LogP contribution in [0.3, 0.4) is 0 Å². The van der Waals surface area contributed by atoms with Crippen molar-refractivity contribution in [1.82, 2.24) is 10.2 Å². The van der Waals surface area contributed by atoms with E-state index in [1.54, 1.807) is 11.8 Å². The number of carbonyl (C=O) groups is 4. The van der Waals surface area contributed by atoms with Gasteiger partial charge in [-0.3, -0.25) is 19.2 Å². The first-order chi connectivity index (χ1) is 10.3. The van der Waals surface area contributed by atoms with Crippen molar-refractivity contribution in [2.75, 3.05) is 19.6 Å². The van der Waals surface area contributed by atoms with E-state index in [4.69, 9.17) is 11.5 Å². The zero-order valence-corrected chi connectivity index (χ0v) is 13.2. The van der Waals surface area contributed by atoms with Gasteiger partial charge >= 0.3 is 0 Å². The number of hydrogen-bond acceptors (Lipinski definition) is 4. The summed E-state index contributed by atoms with van der Waals surface area (Å²) in [7, 11) is 0. The lowest BCUT2D eigenvalue weighted by atomic mass is 10.4. The smallest absolute Gasteiger partial charge is 0.246 e. The molecule has 0 fully saturated rings. The van der Waals surface area contributed by atoms with E-state index < -0.39 is 11.8 Å². The molecular weight excluding hydrogens is 288 g/mol. The third-order valence-electron chi connectivity index (χ3n) is 2.22. The average molecular weight is 312 g/mol. The lowest BCUT2D eigenvalue weighted by Crippen LogP contribution is -2.29. The van der Waals surface area contributed by atoms with E-state index in [-0.39, 0.29) is 11.8 Å². The number of likely N-dealkylation sites (N-methyl/N-ethyl adjacent to an activating group) is 2. The zero-order valence-electron chi connectivity index (χ0n) is 13.2. The number of hydrogen-bond donors (Lipinski definition) is 3. The molecule has 0 heterocycles. The third kappa shape index (κ3) is 13.8. The molecule has 0 aliphatic carbocycles. The number of nitrogens with zero attached hydrogens (tertiary/aromatic N) is 1. The van der Waals surface area contributed by atoms with Crippen LogP contribution in [0, 0.1) is 0 Å². The van der Waals surface area contributed by atoms with Gasteiger partial charge in [-0.1, -0.05) is 0 Å². The van der Waals surface area contributed by atoms with Gasteiger partial charge in [0.15, 0.2) is 0 Å². The molecule has 0 aliphatic rings. The summed E-state index contributed by atoms with van der Waals surface area (Å²) < 4.78 is 0. The maximum Gasteiger partial charge on any atom is 0.246 e. The van der Waals surface area contributed by atoms with Crippen molar-refractivity contribution in [3.8, 4) is 0 Å². The molecule has 5 N–H and O–H groups in total. The number of nitrogens with one attached hydrogen (secondary N) is 1. The van der Waals surface area contributed by atoms with Crippen LogP contribution in [0.1, 0.15) is 20.8 Å². The van der Waals surface area contributed by atoms with Crippen molar-refractivity contribution in [3.05, 3.63) is 24.3 Å². The standard InChI is InChI=1S/C8H14N2O2.C6H10N2O2/c1-3-10(4-2)8(12)6-5-7(9)11;1-2-8-6(10)4-3-5(7)9/h5-6H,3-4H2,1-2H3,(H2,9,11);3-4H,2H2,1H3,(H2,7,9)(H,8,10)/b6-5-;4-3-. The van der Waals surface area contributed by atoms with Crippen LogP contribution in [0.4, 0.5) is 0 Å². The Balaban J connectivity index is 0. The second-order valence-corrected chi connectivity index (χ2v) is 3.88. The van der Waals surface area contributed by atoms with Gasteiger partial charge in [0.25, 0.3) is 0 Å². The fraction of sp³-hybridized carbons (Fsp3) is 0.429. The lowest BCUT2D eigenvalue weighted by molar-refractivity contribution is -0.126. The van der Waals surface area contributed by atoms with Crippen molar-refractivity contribution in [2.24, 2.45) is 11.5 Å². The Labute approximate surface area is 130 Å². The van der Waals surface area contributed by atoms with Gasteiger partial charge in [0.2, 0.25) is 23.6 Å². The van der Waals surface area contributed by atoms with Gasteiger partial charge in [-0.25, -0.2) is 0 Å². The number of nitrogens with two attached hydrogens (primary N) is 2. The van der Waals surface area contributed by atoms with Gasteiger partial charge in [-0.05, 0) is 20.8 Å². The number of rotatable bonds is 7. The molecule has 0 atom stereocenters. The molecule has 0 rings (SSSR count). The van der Waals surface area contributed by atoms with Gasteiger partial charge in [0.1, 0.15) is 0 Å². The minimum absolute atomic E-state index is 0.182. The van der Waals surface area contributed by atoms with Gasteiger partial charge < -0.3 is 21.7 Å². The van der Waals surface area contributed by atoms with E-state index in [9.17, 15) is 19.2 Å². The monoisotopic (exact) mass is 312 g/mol. The fourth-order valence-corrected chi connectivity index (χ4v) is 1.19. The fourth-order valence-electron chi connectivity index (χ4n) is 1.19. The Bertz CT molecular complexity index is 440. The van der Waals surface area contributed by atoms with Crippen molar-refractivity contribution < 1.29 is 19.2 Å². The van der Waals surface area contributed by atoms with E-state index in [2.05, 4.69) is 5.32 Å². The quantitative estimate of drug-likeness (QED) is 0.523. The topological polar surface area (TPSA) is 136 Å². The first-order valence-electron chi connectivity index (χ1n) is 6.80. The first-order valence-corrected chi connectivity index (χ1v) is 6.80. The first kappa shape index (κ1) is 21.7. The molecular formula is C14H24N4O4. The van der Waals surface area contributed by atoms with Crippen LogP contribution in [-0.4, -0.2) is 48.2 Å². The minimum Gasteiger partial charge on any atom is -0.366 e. The predicted octanol–water partition coefficient (Wildman–Crippen LogP) is -0.940. The molecule has 0 aliphatic heterocycles. The second kappa shape index (κ2) is 13.3. The maximum atomic E-state index is 11.1. The van der Waals surface area contributed by atoms with Gasteiger partial charge in [0, 0.05) is 43.9 Å². The van der Waals surface area contributed by atoms with Crippen molar-refractivity contribution >= 4 is 23.6 Å². The SMILES string of the molecule is CCN(CC)C(=O)/C=C\C(N)=O.CCNC(=O)/C=C\C(N)=O. The van der Waals surface area contributed by atoms with Crippen molar-refractivity contribution in [1.29, 1.82) is 0 Å². The Morgan fingerprint density at radius 1 is 0.864 bits per heavy atom. The summed E-state index contributed by atoms with van der Waals surface area (Å²) >= 11 is 0. The maximum absolute atomic E-state index is 11.1. The Kier molecular flexibility index (Phi) is 13.1. The molecule has 0 bridgehead atoms. The third-order valence-corrected chi connectivity index (χ3v) is 2.22. The molecule has 0 spiro atoms. The second-order valence-electron chi connectivity index (χ2n) is 3.88. The highest BCUT2D eigenvalue weighted by Crippen LogP contribution is 1.89. The predicted molar refractivity (Wildman–Crippen MR) is 83.3 cm³/mol. The van der Waals surface area contributed by atoms with Gasteiger partial charge in [0.05, 0.1) is 0 Å². The molecule has 124 valence electrons. The van der Waals surface area contributed by atoms with Crippen LogP contribution < -0.4 is 16.8 Å². The Morgan fingerprint density at radius 2 is 1.32 bits per heavy atom. The summed E-state index contributed by atoms with van der Waals surface area (Å²) in [6.07, 6.45) is 4.38. The lowest BCUT2D eigenvalue weighted by Gasteiger charge is -2.15. The summed E-state index contributed by atoms with van der Waals surface area (Å²) in [6, 6.07) is 0. The summed E-state index contributed by atoms with van der Waals surface area (Å²) in [5.41, 5.74) is 9.56. The molecule has 0 unspecified atom stereocenters. The molecule has 0 radical (unpaired) electrons. The normalized spacial score (nSPS) is 9.95. The van der Waals surface area contributed by atoms with Crippen LogP contribution in [0.5, 0.6) is 0 Å². The highest BCUT2D eigenvalue weighted by Gasteiger charge is 2.04. The average Bonchev–Trinajstić information content (AvgIpc) is 2.45. The van der Waals surface area contributed by atoms with E-state index in [0.717, 1.165) is 18.2 Å². The Morgan fingerprint density at radius 3 is 1.68 bits per heavy atom. The van der Waals surface area contributed by atoms with Crippen LogP contribution in [-0.2, 0) is 19.2 Å². The number of carbonyl (C=O) groups excluding carboxylic acids is 4. The Hall–Kier alpha value is -2.64. The molecule has 8 heteroatoms. The van der Waals surface area contributed by atoms with Crippen LogP contribution in [0.2, 0.25) is 0 Å². The number of amides is 4. The van der Waals surface area contributed by atoms with E-state index in [1.165, 1.54) is 6.08 Å². The summed E-state index contributed by atoms with van der Waals surface area (Å²) in [4.78, 5) is 43.6. The molecule has 8 nitrogen and oxygen atoms in total. The van der Waals surface area contributed by atoms with Gasteiger partial charge in [-0.2, -0.15) is 0 Å². The van der Waals surface area contributed by atoms with E-state index >= 15 is 0 Å². The minimum atomic E-state index is -0.619. The van der Waals surface area contributed by atoms with Crippen LogP contribution in [0.15, 0.2) is 24.3 Å². The van der Waals surface area contributed by atoms with Crippen LogP contribution >= 0.6 is 0 Å². The van der Waals surface area contributed by atoms with Gasteiger partial charge in [-0.15, -0.1) is 0 Å². The van der Waals surface area contributed by atoms with Crippen molar-refractivity contribution in [2.45, 2.75) is 20.8 Å². The highest BCUT2D eigenvalue weighted by atomic mass is 16.2.